The Kier molecular flexibility index (Phi) is 25.3. The normalized spacial score (nSPS) is 12.7. The van der Waals surface area contributed by atoms with Crippen molar-refractivity contribution in [2.24, 2.45) is 0 Å². The summed E-state index contributed by atoms with van der Waals surface area (Å²) in [6.45, 7) is 4.20. The molecule has 0 radical (unpaired) electrons. The molecule has 0 amide bonds. The topological polar surface area (TPSA) is 20.2 Å². The summed E-state index contributed by atoms with van der Waals surface area (Å²) in [7, 11) is 4.40. The first-order valence-electron chi connectivity index (χ1n) is 12.6. The fraction of sp³-hybridized carbons (Fsp3) is 1.00. The van der Waals surface area contributed by atoms with E-state index in [4.69, 9.17) is 11.6 Å². The number of likely N-dealkylation sites (N-methyl/N-ethyl adjacent to an activating group) is 1. The number of hydrogen-bond acceptors (Lipinski definition) is 1. The number of unbranched alkanes of at least 4 members (excludes halogenated alkanes) is 17. The average molecular weight is 455 g/mol. The average Bonchev–Trinajstić information content (AvgIpc) is 2.66. The van der Waals surface area contributed by atoms with E-state index in [1.165, 1.54) is 116 Å². The van der Waals surface area contributed by atoms with Crippen molar-refractivity contribution >= 4 is 11.6 Å². The third kappa shape index (κ3) is 24.6. The molecule has 0 spiro atoms. The van der Waals surface area contributed by atoms with Crippen LogP contribution in [0.1, 0.15) is 122 Å². The summed E-state index contributed by atoms with van der Waals surface area (Å²) >= 11 is 5.71. The number of alkyl halides is 1. The number of aliphatic hydroxyl groups is 1. The molecule has 0 aliphatic carbocycles. The van der Waals surface area contributed by atoms with Crippen LogP contribution in [0.5, 0.6) is 0 Å². The lowest BCUT2D eigenvalue weighted by molar-refractivity contribution is -0.893. The van der Waals surface area contributed by atoms with Crippen LogP contribution in [0.15, 0.2) is 0 Å². The second kappa shape index (κ2) is 23.2. The van der Waals surface area contributed by atoms with Crippen molar-refractivity contribution in [2.75, 3.05) is 33.1 Å². The Labute approximate surface area is 195 Å². The van der Waals surface area contributed by atoms with Crippen molar-refractivity contribution in [3.63, 3.8) is 0 Å². The molecule has 1 atom stereocenters. The summed E-state index contributed by atoms with van der Waals surface area (Å²) in [6.07, 6.45) is 25.2. The van der Waals surface area contributed by atoms with Crippen LogP contribution in [0, 0.1) is 0 Å². The monoisotopic (exact) mass is 453 g/mol. The third-order valence-electron chi connectivity index (χ3n) is 6.00. The first kappa shape index (κ1) is 31.7. The molecule has 0 aliphatic heterocycles. The minimum absolute atomic E-state index is 0. The molecule has 0 saturated heterocycles. The van der Waals surface area contributed by atoms with Crippen molar-refractivity contribution in [3.05, 3.63) is 0 Å². The molecule has 178 valence electrons. The maximum Gasteiger partial charge on any atom is 0.116 e. The third-order valence-corrected chi connectivity index (χ3v) is 6.36. The van der Waals surface area contributed by atoms with E-state index in [0.29, 0.717) is 5.88 Å². The largest absolute Gasteiger partial charge is 1.00 e. The summed E-state index contributed by atoms with van der Waals surface area (Å²) in [6, 6.07) is 0. The number of rotatable bonds is 22. The van der Waals surface area contributed by atoms with Gasteiger partial charge in [-0.05, 0) is 12.8 Å². The Hall–Kier alpha value is 0.500. The molecule has 1 unspecified atom stereocenters. The molecule has 4 heteroatoms. The van der Waals surface area contributed by atoms with Crippen LogP contribution in [-0.2, 0) is 0 Å². The zero-order valence-electron chi connectivity index (χ0n) is 20.1. The maximum atomic E-state index is 9.70. The Morgan fingerprint density at radius 2 is 0.931 bits per heavy atom. The van der Waals surface area contributed by atoms with Crippen LogP contribution in [0.4, 0.5) is 0 Å². The Morgan fingerprint density at radius 1 is 0.621 bits per heavy atom. The van der Waals surface area contributed by atoms with E-state index in [0.717, 1.165) is 17.6 Å². The molecule has 0 aromatic heterocycles. The second-order valence-electron chi connectivity index (χ2n) is 9.66. The number of aliphatic hydroxyl groups excluding tert-OH is 1. The van der Waals surface area contributed by atoms with Crippen molar-refractivity contribution in [3.8, 4) is 0 Å². The summed E-state index contributed by atoms with van der Waals surface area (Å²) in [5, 5.41) is 9.70. The highest BCUT2D eigenvalue weighted by Gasteiger charge is 2.19. The summed E-state index contributed by atoms with van der Waals surface area (Å²) in [4.78, 5) is 0. The van der Waals surface area contributed by atoms with Crippen molar-refractivity contribution in [2.45, 2.75) is 129 Å². The predicted molar refractivity (Wildman–Crippen MR) is 127 cm³/mol. The van der Waals surface area contributed by atoms with Gasteiger partial charge in [0.15, 0.2) is 0 Å². The molecule has 0 heterocycles. The van der Waals surface area contributed by atoms with Gasteiger partial charge in [-0.1, -0.05) is 110 Å². The molecule has 0 bridgehead atoms. The lowest BCUT2D eigenvalue weighted by Gasteiger charge is -2.31. The van der Waals surface area contributed by atoms with E-state index in [1.807, 2.05) is 0 Å². The summed E-state index contributed by atoms with van der Waals surface area (Å²) < 4.78 is 0.882. The highest BCUT2D eigenvalue weighted by Crippen LogP contribution is 2.14. The van der Waals surface area contributed by atoms with Crippen molar-refractivity contribution < 1.29 is 22.0 Å². The van der Waals surface area contributed by atoms with Crippen LogP contribution in [0.3, 0.4) is 0 Å². The van der Waals surface area contributed by atoms with E-state index >= 15 is 0 Å². The zero-order chi connectivity index (χ0) is 20.9. The summed E-state index contributed by atoms with van der Waals surface area (Å²) in [5.74, 6) is 0.348. The molecule has 29 heavy (non-hydrogen) atoms. The second-order valence-corrected chi connectivity index (χ2v) is 9.97. The van der Waals surface area contributed by atoms with Crippen molar-refractivity contribution in [1.29, 1.82) is 0 Å². The van der Waals surface area contributed by atoms with Gasteiger partial charge in [0.25, 0.3) is 0 Å². The molecule has 0 fully saturated rings. The number of hydrogen-bond donors (Lipinski definition) is 1. The predicted octanol–water partition coefficient (Wildman–Crippen LogP) is 4.71. The van der Waals surface area contributed by atoms with Crippen LogP contribution < -0.4 is 12.4 Å². The van der Waals surface area contributed by atoms with Gasteiger partial charge in [0.2, 0.25) is 0 Å². The first-order valence-corrected chi connectivity index (χ1v) is 13.1. The number of quaternary nitrogens is 1. The highest BCUT2D eigenvalue weighted by molar-refractivity contribution is 6.18. The quantitative estimate of drug-likeness (QED) is 0.143. The Bertz CT molecular complexity index is 313. The standard InChI is InChI=1S/C25H53ClNO.ClH/c1-4-5-6-7-8-9-10-11-12-13-14-15-16-17-18-19-20-21-22-27(2,3)24-25(28)23-26;/h25,28H,4-24H2,1-3H3;1H/q+1;/p-1. The van der Waals surface area contributed by atoms with E-state index in [9.17, 15) is 5.11 Å². The van der Waals surface area contributed by atoms with E-state index < -0.39 is 0 Å². The van der Waals surface area contributed by atoms with Gasteiger partial charge >= 0.3 is 0 Å². The molecular formula is C25H53Cl2NO. The Balaban J connectivity index is 0. The van der Waals surface area contributed by atoms with Gasteiger partial charge in [-0.15, -0.1) is 11.6 Å². The van der Waals surface area contributed by atoms with E-state index in [-0.39, 0.29) is 18.5 Å². The molecule has 1 N–H and O–H groups in total. The van der Waals surface area contributed by atoms with Gasteiger partial charge in [0, 0.05) is 0 Å². The fourth-order valence-corrected chi connectivity index (χ4v) is 4.25. The zero-order valence-corrected chi connectivity index (χ0v) is 21.6. The van der Waals surface area contributed by atoms with E-state index in [2.05, 4.69) is 21.0 Å². The van der Waals surface area contributed by atoms with Gasteiger partial charge in [-0.3, -0.25) is 0 Å². The van der Waals surface area contributed by atoms with Crippen LogP contribution >= 0.6 is 11.6 Å². The van der Waals surface area contributed by atoms with Gasteiger partial charge in [-0.25, -0.2) is 0 Å². The smallest absolute Gasteiger partial charge is 0.116 e. The molecular weight excluding hydrogens is 401 g/mol. The molecule has 0 aromatic rings. The summed E-state index contributed by atoms with van der Waals surface area (Å²) in [5.41, 5.74) is 0. The van der Waals surface area contributed by atoms with Gasteiger partial charge < -0.3 is 22.0 Å². The highest BCUT2D eigenvalue weighted by atomic mass is 35.5. The number of nitrogens with zero attached hydrogens (tertiary/aromatic N) is 1. The van der Waals surface area contributed by atoms with Crippen molar-refractivity contribution in [1.82, 2.24) is 0 Å². The van der Waals surface area contributed by atoms with E-state index in [1.54, 1.807) is 0 Å². The molecule has 0 aromatic carbocycles. The van der Waals surface area contributed by atoms with Crippen LogP contribution in [0.25, 0.3) is 0 Å². The van der Waals surface area contributed by atoms with Gasteiger partial charge in [0.05, 0.1) is 26.5 Å². The molecule has 2 nitrogen and oxygen atoms in total. The minimum atomic E-state index is -0.368. The number of halogens is 2. The molecule has 0 saturated carbocycles. The van der Waals surface area contributed by atoms with Gasteiger partial charge in [-0.2, -0.15) is 0 Å². The lowest BCUT2D eigenvalue weighted by atomic mass is 10.0. The van der Waals surface area contributed by atoms with Crippen LogP contribution in [0.2, 0.25) is 0 Å². The Morgan fingerprint density at radius 3 is 1.24 bits per heavy atom. The minimum Gasteiger partial charge on any atom is -1.00 e. The molecule has 0 aliphatic rings. The van der Waals surface area contributed by atoms with Crippen LogP contribution in [-0.4, -0.2) is 48.8 Å². The lowest BCUT2D eigenvalue weighted by Crippen LogP contribution is -3.00. The molecule has 0 rings (SSSR count). The fourth-order valence-electron chi connectivity index (χ4n) is 4.15. The SMILES string of the molecule is CCCCCCCCCCCCCCCCCCCC[N+](C)(C)CC(O)CCl.[Cl-]. The maximum absolute atomic E-state index is 9.70. The van der Waals surface area contributed by atoms with Gasteiger partial charge in [0.1, 0.15) is 12.6 Å². The first-order chi connectivity index (χ1) is 13.5.